The lowest BCUT2D eigenvalue weighted by atomic mass is 9.91. The number of nitrogens with one attached hydrogen (secondary N) is 1. The first-order valence-electron chi connectivity index (χ1n) is 7.49. The second-order valence-corrected chi connectivity index (χ2v) is 7.70. The molecule has 0 radical (unpaired) electrons. The number of nitrogen functional groups attached to an aromatic ring is 1. The first kappa shape index (κ1) is 16.0. The van der Waals surface area contributed by atoms with Crippen LogP contribution in [0.1, 0.15) is 38.2 Å². The standard InChI is InChI=1S/C16H24N2O2S/c1-11-5-3-6-13(9-11)21(20)10-16(19)18-15-8-4-7-14(17)12(15)2/h4,7-8,11,13H,3,5-6,9-10,17H2,1-2H3,(H,18,19). The predicted octanol–water partition coefficient (Wildman–Crippen LogP) is 2.84. The summed E-state index contributed by atoms with van der Waals surface area (Å²) >= 11 is 0. The number of amides is 1. The van der Waals surface area contributed by atoms with Gasteiger partial charge in [0.05, 0.1) is 0 Å². The van der Waals surface area contributed by atoms with Gasteiger partial charge >= 0.3 is 0 Å². The molecule has 2 rings (SSSR count). The fourth-order valence-corrected chi connectivity index (χ4v) is 4.38. The fraction of sp³-hybridized carbons (Fsp3) is 0.562. The molecule has 0 aliphatic heterocycles. The smallest absolute Gasteiger partial charge is 0.237 e. The quantitative estimate of drug-likeness (QED) is 0.840. The second-order valence-electron chi connectivity index (χ2n) is 5.99. The van der Waals surface area contributed by atoms with E-state index in [9.17, 15) is 9.00 Å². The third-order valence-corrected chi connectivity index (χ3v) is 5.90. The van der Waals surface area contributed by atoms with E-state index >= 15 is 0 Å². The predicted molar refractivity (Wildman–Crippen MR) is 88.7 cm³/mol. The topological polar surface area (TPSA) is 72.2 Å². The minimum Gasteiger partial charge on any atom is -0.398 e. The number of rotatable bonds is 4. The van der Waals surface area contributed by atoms with Crippen molar-refractivity contribution < 1.29 is 9.00 Å². The zero-order valence-electron chi connectivity index (χ0n) is 12.7. The zero-order chi connectivity index (χ0) is 15.4. The Kier molecular flexibility index (Phi) is 5.39. The van der Waals surface area contributed by atoms with Gasteiger partial charge in [0.1, 0.15) is 5.75 Å². The molecule has 116 valence electrons. The average Bonchev–Trinajstić information content (AvgIpc) is 2.44. The van der Waals surface area contributed by atoms with Gasteiger partial charge in [0, 0.05) is 27.4 Å². The highest BCUT2D eigenvalue weighted by Gasteiger charge is 2.25. The van der Waals surface area contributed by atoms with Crippen LogP contribution in [0.15, 0.2) is 18.2 Å². The van der Waals surface area contributed by atoms with Crippen molar-refractivity contribution in [1.29, 1.82) is 0 Å². The normalized spacial score (nSPS) is 23.5. The number of benzene rings is 1. The van der Waals surface area contributed by atoms with Crippen molar-refractivity contribution in [3.63, 3.8) is 0 Å². The van der Waals surface area contributed by atoms with E-state index in [1.807, 2.05) is 13.0 Å². The van der Waals surface area contributed by atoms with Crippen LogP contribution in [0.3, 0.4) is 0 Å². The maximum Gasteiger partial charge on any atom is 0.237 e. The number of anilines is 2. The molecule has 3 N–H and O–H groups in total. The van der Waals surface area contributed by atoms with Gasteiger partial charge in [-0.25, -0.2) is 0 Å². The summed E-state index contributed by atoms with van der Waals surface area (Å²) in [7, 11) is -1.09. The van der Waals surface area contributed by atoms with Crippen molar-refractivity contribution in [2.45, 2.75) is 44.8 Å². The van der Waals surface area contributed by atoms with Crippen molar-refractivity contribution in [2.75, 3.05) is 16.8 Å². The Bertz CT molecular complexity index is 545. The van der Waals surface area contributed by atoms with Crippen LogP contribution in [-0.4, -0.2) is 21.1 Å². The zero-order valence-corrected chi connectivity index (χ0v) is 13.5. The van der Waals surface area contributed by atoms with Crippen molar-refractivity contribution in [1.82, 2.24) is 0 Å². The molecule has 1 aromatic rings. The van der Waals surface area contributed by atoms with Crippen LogP contribution in [-0.2, 0) is 15.6 Å². The Morgan fingerprint density at radius 1 is 1.43 bits per heavy atom. The van der Waals surface area contributed by atoms with Gasteiger partial charge in [-0.1, -0.05) is 25.8 Å². The highest BCUT2D eigenvalue weighted by atomic mass is 32.2. The molecule has 5 heteroatoms. The Morgan fingerprint density at radius 3 is 2.90 bits per heavy atom. The lowest BCUT2D eigenvalue weighted by Gasteiger charge is -2.25. The highest BCUT2D eigenvalue weighted by molar-refractivity contribution is 7.86. The van der Waals surface area contributed by atoms with E-state index in [2.05, 4.69) is 12.2 Å². The molecule has 1 aromatic carbocycles. The van der Waals surface area contributed by atoms with E-state index in [0.29, 0.717) is 17.3 Å². The molecule has 21 heavy (non-hydrogen) atoms. The summed E-state index contributed by atoms with van der Waals surface area (Å²) in [5.41, 5.74) is 8.02. The van der Waals surface area contributed by atoms with Crippen LogP contribution in [0, 0.1) is 12.8 Å². The molecule has 1 aliphatic rings. The molecule has 0 saturated heterocycles. The number of carbonyl (C=O) groups is 1. The summed E-state index contributed by atoms with van der Waals surface area (Å²) in [6, 6.07) is 5.42. The van der Waals surface area contributed by atoms with Crippen LogP contribution in [0.4, 0.5) is 11.4 Å². The number of hydrogen-bond donors (Lipinski definition) is 2. The molecule has 0 aromatic heterocycles. The molecule has 0 heterocycles. The molecule has 4 nitrogen and oxygen atoms in total. The molecule has 1 amide bonds. The van der Waals surface area contributed by atoms with Gasteiger partial charge in [-0.05, 0) is 43.4 Å². The molecule has 1 saturated carbocycles. The van der Waals surface area contributed by atoms with Crippen LogP contribution < -0.4 is 11.1 Å². The third-order valence-electron chi connectivity index (χ3n) is 4.18. The molecule has 3 unspecified atom stereocenters. The first-order chi connectivity index (χ1) is 9.97. The molecule has 1 aliphatic carbocycles. The highest BCUT2D eigenvalue weighted by Crippen LogP contribution is 2.27. The van der Waals surface area contributed by atoms with E-state index in [1.54, 1.807) is 12.1 Å². The van der Waals surface area contributed by atoms with Crippen molar-refractivity contribution in [3.05, 3.63) is 23.8 Å². The van der Waals surface area contributed by atoms with Crippen molar-refractivity contribution >= 4 is 28.1 Å². The summed E-state index contributed by atoms with van der Waals surface area (Å²) in [6.45, 7) is 4.06. The first-order valence-corrected chi connectivity index (χ1v) is 8.87. The van der Waals surface area contributed by atoms with E-state index in [-0.39, 0.29) is 16.9 Å². The van der Waals surface area contributed by atoms with Crippen LogP contribution in [0.25, 0.3) is 0 Å². The van der Waals surface area contributed by atoms with Gasteiger partial charge in [0.15, 0.2) is 0 Å². The third kappa shape index (κ3) is 4.30. The van der Waals surface area contributed by atoms with Gasteiger partial charge < -0.3 is 11.1 Å². The van der Waals surface area contributed by atoms with E-state index in [0.717, 1.165) is 24.8 Å². The average molecular weight is 308 g/mol. The van der Waals surface area contributed by atoms with Crippen LogP contribution >= 0.6 is 0 Å². The number of nitrogens with two attached hydrogens (primary N) is 1. The molecule has 3 atom stereocenters. The van der Waals surface area contributed by atoms with Crippen LogP contribution in [0.2, 0.25) is 0 Å². The van der Waals surface area contributed by atoms with Gasteiger partial charge in [-0.3, -0.25) is 9.00 Å². The lowest BCUT2D eigenvalue weighted by molar-refractivity contribution is -0.113. The Hall–Kier alpha value is -1.36. The maximum atomic E-state index is 12.3. The molecule has 0 spiro atoms. The van der Waals surface area contributed by atoms with Gasteiger partial charge in [-0.2, -0.15) is 0 Å². The van der Waals surface area contributed by atoms with E-state index in [1.165, 1.54) is 6.42 Å². The Morgan fingerprint density at radius 2 is 2.19 bits per heavy atom. The minimum absolute atomic E-state index is 0.0750. The SMILES string of the molecule is Cc1c(N)cccc1NC(=O)CS(=O)C1CCCC(C)C1. The molecule has 1 fully saturated rings. The summed E-state index contributed by atoms with van der Waals surface area (Å²) in [4.78, 5) is 12.1. The lowest BCUT2D eigenvalue weighted by Crippen LogP contribution is -2.29. The largest absolute Gasteiger partial charge is 0.398 e. The maximum absolute atomic E-state index is 12.3. The van der Waals surface area contributed by atoms with Crippen molar-refractivity contribution in [2.24, 2.45) is 5.92 Å². The van der Waals surface area contributed by atoms with Gasteiger partial charge in [0.25, 0.3) is 0 Å². The van der Waals surface area contributed by atoms with E-state index in [4.69, 9.17) is 5.73 Å². The van der Waals surface area contributed by atoms with Crippen LogP contribution in [0.5, 0.6) is 0 Å². The molecule has 0 bridgehead atoms. The Labute approximate surface area is 129 Å². The minimum atomic E-state index is -1.09. The summed E-state index contributed by atoms with van der Waals surface area (Å²) in [5.74, 6) is 0.498. The van der Waals surface area contributed by atoms with E-state index < -0.39 is 10.8 Å². The summed E-state index contributed by atoms with van der Waals surface area (Å²) < 4.78 is 12.3. The fourth-order valence-electron chi connectivity index (χ4n) is 2.84. The van der Waals surface area contributed by atoms with Crippen molar-refractivity contribution in [3.8, 4) is 0 Å². The molecular weight excluding hydrogens is 284 g/mol. The summed E-state index contributed by atoms with van der Waals surface area (Å²) in [5, 5.41) is 2.99. The summed E-state index contributed by atoms with van der Waals surface area (Å²) in [6.07, 6.45) is 4.27. The number of carbonyl (C=O) groups excluding carboxylic acids is 1. The van der Waals surface area contributed by atoms with Gasteiger partial charge in [-0.15, -0.1) is 0 Å². The number of hydrogen-bond acceptors (Lipinski definition) is 3. The second kappa shape index (κ2) is 7.07. The molecular formula is C16H24N2O2S. The Balaban J connectivity index is 1.92. The monoisotopic (exact) mass is 308 g/mol. The van der Waals surface area contributed by atoms with Gasteiger partial charge in [0.2, 0.25) is 5.91 Å².